The molecule has 1 aromatic carbocycles. The Balaban J connectivity index is 0.00000306. The predicted octanol–water partition coefficient (Wildman–Crippen LogP) is 0.0508. The molecule has 4 rings (SSSR count). The lowest BCUT2D eigenvalue weighted by Gasteiger charge is -2.53. The van der Waals surface area contributed by atoms with Gasteiger partial charge in [-0.15, -0.1) is 12.4 Å². The lowest BCUT2D eigenvalue weighted by molar-refractivity contribution is -0.159. The fourth-order valence-corrected chi connectivity index (χ4v) is 5.50. The fraction of sp³-hybridized carbons (Fsp3) is 0.409. The highest BCUT2D eigenvalue weighted by Crippen LogP contribution is 2.57. The smallest absolute Gasteiger partial charge is 0.255 e. The molecule has 3 aliphatic rings. The maximum Gasteiger partial charge on any atom is 0.255 e. The molecule has 33 heavy (non-hydrogen) atoms. The molecular formula is C22H25ClN2O8. The van der Waals surface area contributed by atoms with E-state index in [1.54, 1.807) is 0 Å². The van der Waals surface area contributed by atoms with Crippen LogP contribution in [0.4, 0.5) is 0 Å². The summed E-state index contributed by atoms with van der Waals surface area (Å²) in [5.74, 6) is -7.90. The van der Waals surface area contributed by atoms with Crippen molar-refractivity contribution in [3.05, 3.63) is 46.2 Å². The first-order valence-corrected chi connectivity index (χ1v) is 9.97. The summed E-state index contributed by atoms with van der Waals surface area (Å²) in [7, 11) is 3.01. The van der Waals surface area contributed by atoms with Crippen LogP contribution in [-0.4, -0.2) is 73.6 Å². The highest BCUT2D eigenvalue weighted by molar-refractivity contribution is 6.24. The van der Waals surface area contributed by atoms with Crippen molar-refractivity contribution in [1.82, 2.24) is 4.90 Å². The number of nitrogens with zero attached hydrogens (tertiary/aromatic N) is 1. The van der Waals surface area contributed by atoms with Gasteiger partial charge in [0.25, 0.3) is 5.91 Å². The second-order valence-corrected chi connectivity index (χ2v) is 8.96. The molecule has 11 heteroatoms. The third kappa shape index (κ3) is 2.95. The van der Waals surface area contributed by atoms with E-state index in [0.717, 1.165) is 0 Å². The minimum atomic E-state index is -2.75. The van der Waals surface area contributed by atoms with Gasteiger partial charge in [0.1, 0.15) is 22.8 Å². The van der Waals surface area contributed by atoms with E-state index < -0.39 is 75.0 Å². The molecule has 0 aromatic heterocycles. The highest BCUT2D eigenvalue weighted by atomic mass is 35.5. The van der Waals surface area contributed by atoms with Crippen molar-refractivity contribution < 1.29 is 39.9 Å². The Bertz CT molecular complexity index is 1160. The molecule has 1 fully saturated rings. The minimum absolute atomic E-state index is 0. The molecule has 0 heterocycles. The Morgan fingerprint density at radius 1 is 1.15 bits per heavy atom. The maximum absolute atomic E-state index is 13.7. The molecule has 178 valence electrons. The first-order chi connectivity index (χ1) is 14.8. The van der Waals surface area contributed by atoms with Gasteiger partial charge in [0.05, 0.1) is 17.2 Å². The zero-order valence-electron chi connectivity index (χ0n) is 18.1. The largest absolute Gasteiger partial charge is 0.508 e. The molecule has 0 bridgehead atoms. The van der Waals surface area contributed by atoms with Gasteiger partial charge in [-0.3, -0.25) is 19.3 Å². The number of Topliss-reactive ketones (excluding diaryl/α,β-unsaturated/α-hetero) is 2. The number of nitrogens with two attached hydrogens (primary N) is 1. The maximum atomic E-state index is 13.7. The van der Waals surface area contributed by atoms with E-state index in [4.69, 9.17) is 5.73 Å². The summed E-state index contributed by atoms with van der Waals surface area (Å²) in [6.07, 6.45) is -0.200. The number of primary amides is 1. The summed E-state index contributed by atoms with van der Waals surface area (Å²) >= 11 is 0. The number of hydrogen-bond acceptors (Lipinski definition) is 9. The second kappa shape index (κ2) is 7.56. The lowest BCUT2D eigenvalue weighted by atomic mass is 9.54. The Morgan fingerprint density at radius 2 is 1.76 bits per heavy atom. The summed E-state index contributed by atoms with van der Waals surface area (Å²) in [4.78, 5) is 40.0. The molecule has 5 atom stereocenters. The van der Waals surface area contributed by atoms with Crippen LogP contribution in [-0.2, 0) is 20.0 Å². The summed E-state index contributed by atoms with van der Waals surface area (Å²) in [6.45, 7) is 1.40. The van der Waals surface area contributed by atoms with Crippen molar-refractivity contribution >= 4 is 35.6 Å². The Hall–Kier alpha value is -2.92. The summed E-state index contributed by atoms with van der Waals surface area (Å²) in [5.41, 5.74) is -0.548. The van der Waals surface area contributed by atoms with Crippen molar-refractivity contribution in [2.45, 2.75) is 30.6 Å². The number of phenols is 1. The number of likely N-dealkylation sites (N-methyl/N-ethyl adjacent to an activating group) is 1. The van der Waals surface area contributed by atoms with Crippen molar-refractivity contribution in [3.63, 3.8) is 0 Å². The molecule has 10 nitrogen and oxygen atoms in total. The first kappa shape index (κ1) is 24.7. The van der Waals surface area contributed by atoms with E-state index in [2.05, 4.69) is 0 Å². The SMILES string of the molecule is CN(C)[C@@H]1C(=O)C(C(N)=O)=C(O)[C@@]2(O)C(=O)C3=C(O)c4c(O)cccc4[C@@](C)(O)C3C[C@@H]12.Cl. The van der Waals surface area contributed by atoms with Crippen molar-refractivity contribution in [2.75, 3.05) is 14.1 Å². The molecular weight excluding hydrogens is 456 g/mol. The number of fused-ring (bicyclic) bond motifs is 3. The van der Waals surface area contributed by atoms with Gasteiger partial charge in [0, 0.05) is 17.4 Å². The Morgan fingerprint density at radius 3 is 2.30 bits per heavy atom. The number of phenolic OH excluding ortho intramolecular Hbond substituents is 1. The molecule has 3 aliphatic carbocycles. The van der Waals surface area contributed by atoms with Crippen LogP contribution in [0.3, 0.4) is 0 Å². The molecule has 1 amide bonds. The molecule has 0 spiro atoms. The van der Waals surface area contributed by atoms with Gasteiger partial charge >= 0.3 is 0 Å². The number of aliphatic hydroxyl groups is 4. The van der Waals surface area contributed by atoms with Crippen LogP contribution < -0.4 is 5.73 Å². The molecule has 7 N–H and O–H groups in total. The molecule has 1 unspecified atom stereocenters. The predicted molar refractivity (Wildman–Crippen MR) is 117 cm³/mol. The van der Waals surface area contributed by atoms with Crippen LogP contribution in [0.5, 0.6) is 5.75 Å². The normalized spacial score (nSPS) is 33.3. The van der Waals surface area contributed by atoms with Crippen molar-refractivity contribution in [1.29, 1.82) is 0 Å². The van der Waals surface area contributed by atoms with Gasteiger partial charge in [-0.25, -0.2) is 0 Å². The monoisotopic (exact) mass is 480 g/mol. The molecule has 0 radical (unpaired) electrons. The molecule has 0 saturated heterocycles. The fourth-order valence-electron chi connectivity index (χ4n) is 5.50. The van der Waals surface area contributed by atoms with E-state index in [1.165, 1.54) is 44.1 Å². The quantitative estimate of drug-likeness (QED) is 0.318. The zero-order chi connectivity index (χ0) is 23.9. The number of rotatable bonds is 2. The number of hydrogen-bond donors (Lipinski definition) is 6. The van der Waals surface area contributed by atoms with E-state index in [0.29, 0.717) is 0 Å². The number of ketones is 2. The van der Waals surface area contributed by atoms with Crippen LogP contribution in [0.25, 0.3) is 5.76 Å². The Labute approximate surface area is 195 Å². The molecule has 1 aromatic rings. The minimum Gasteiger partial charge on any atom is -0.508 e. The third-order valence-electron chi connectivity index (χ3n) is 7.02. The highest BCUT2D eigenvalue weighted by Gasteiger charge is 2.66. The van der Waals surface area contributed by atoms with E-state index >= 15 is 0 Å². The summed E-state index contributed by atoms with van der Waals surface area (Å²) < 4.78 is 0. The van der Waals surface area contributed by atoms with Gasteiger partial charge in [-0.05, 0) is 39.1 Å². The van der Waals surface area contributed by atoms with Gasteiger partial charge in [0.15, 0.2) is 11.4 Å². The average Bonchev–Trinajstić information content (AvgIpc) is 2.68. The standard InChI is InChI=1S/C22H24N2O8.ClH/c1-21(31)8-5-4-6-11(25)12(8)16(26)13-9(21)7-10-15(24(2)3)17(27)14(20(23)30)19(29)22(10,32)18(13)28;/h4-6,9-10,15,25-26,29,31-32H,7H2,1-3H3,(H2,23,30);1H/t9?,10-,15-,21+,22-;/m0./s1. The first-order valence-electron chi connectivity index (χ1n) is 9.97. The van der Waals surface area contributed by atoms with E-state index in [1.807, 2.05) is 0 Å². The number of benzene rings is 1. The lowest BCUT2D eigenvalue weighted by Crippen LogP contribution is -2.67. The number of aromatic hydroxyl groups is 1. The van der Waals surface area contributed by atoms with Crippen LogP contribution in [0, 0.1) is 11.8 Å². The number of aliphatic hydroxyl groups excluding tert-OH is 2. The number of halogens is 1. The van der Waals surface area contributed by atoms with E-state index in [9.17, 15) is 39.9 Å². The molecule has 0 aliphatic heterocycles. The van der Waals surface area contributed by atoms with Crippen LogP contribution in [0.1, 0.15) is 24.5 Å². The summed E-state index contributed by atoms with van der Waals surface area (Å²) in [5, 5.41) is 54.9. The zero-order valence-corrected chi connectivity index (χ0v) is 18.9. The van der Waals surface area contributed by atoms with Crippen LogP contribution in [0.15, 0.2) is 35.1 Å². The van der Waals surface area contributed by atoms with Crippen LogP contribution in [0.2, 0.25) is 0 Å². The summed E-state index contributed by atoms with van der Waals surface area (Å²) in [6, 6.07) is 3.02. The molecule has 1 saturated carbocycles. The second-order valence-electron chi connectivity index (χ2n) is 8.96. The number of amides is 1. The van der Waals surface area contributed by atoms with Gasteiger partial charge in [-0.2, -0.15) is 0 Å². The number of carbonyl (C=O) groups is 3. The van der Waals surface area contributed by atoms with Crippen molar-refractivity contribution in [3.8, 4) is 5.75 Å². The van der Waals surface area contributed by atoms with Crippen LogP contribution >= 0.6 is 12.4 Å². The van der Waals surface area contributed by atoms with Gasteiger partial charge in [0.2, 0.25) is 5.78 Å². The number of carbonyl (C=O) groups excluding carboxylic acids is 3. The third-order valence-corrected chi connectivity index (χ3v) is 7.02. The van der Waals surface area contributed by atoms with Gasteiger partial charge < -0.3 is 31.3 Å². The average molecular weight is 481 g/mol. The van der Waals surface area contributed by atoms with E-state index in [-0.39, 0.29) is 30.0 Å². The van der Waals surface area contributed by atoms with Gasteiger partial charge in [-0.1, -0.05) is 12.1 Å². The topological polar surface area (TPSA) is 182 Å². The van der Waals surface area contributed by atoms with Crippen molar-refractivity contribution in [2.24, 2.45) is 17.6 Å². The Kier molecular flexibility index (Phi) is 5.66.